The number of nitrogens with zero attached hydrogens (tertiary/aromatic N) is 1. The van der Waals surface area contributed by atoms with Crippen molar-refractivity contribution in [1.82, 2.24) is 11.1 Å². The lowest BCUT2D eigenvalue weighted by atomic mass is 9.99. The summed E-state index contributed by atoms with van der Waals surface area (Å²) in [5, 5.41) is 19.9. The molecule has 0 atom stereocenters. The van der Waals surface area contributed by atoms with Gasteiger partial charge >= 0.3 is 0 Å². The third-order valence-electron chi connectivity index (χ3n) is 6.53. The number of hydrogen-bond donors (Lipinski definition) is 2. The van der Waals surface area contributed by atoms with Crippen molar-refractivity contribution in [2.24, 2.45) is 0 Å². The fourth-order valence-electron chi connectivity index (χ4n) is 4.63. The normalized spacial score (nSPS) is 13.0. The van der Waals surface area contributed by atoms with Crippen LogP contribution >= 0.6 is 12.4 Å². The highest BCUT2D eigenvalue weighted by atomic mass is 35.5. The molecule has 0 spiro atoms. The summed E-state index contributed by atoms with van der Waals surface area (Å²) < 4.78 is 25.9. The summed E-state index contributed by atoms with van der Waals surface area (Å²) in [6, 6.07) is 23.1. The van der Waals surface area contributed by atoms with Crippen LogP contribution in [0.5, 0.6) is 23.0 Å². The average molecular weight is 571 g/mol. The molecule has 1 saturated heterocycles. The Hall–Kier alpha value is -3.85. The first-order chi connectivity index (χ1) is 18.6. The van der Waals surface area contributed by atoms with E-state index in [1.54, 1.807) is 24.3 Å². The SMILES string of the molecule is Cl.O=C[O-].Oc1ccc2c(Oc3ccc(OCCN4CCCCCC4)cc3)c(-c3ccc(F)cc3)ccc2c1.[NH4+]. The van der Waals surface area contributed by atoms with E-state index in [9.17, 15) is 9.50 Å². The van der Waals surface area contributed by atoms with Crippen molar-refractivity contribution >= 4 is 29.7 Å². The van der Waals surface area contributed by atoms with Gasteiger partial charge in [0, 0.05) is 24.0 Å². The standard InChI is InChI=1S/C30H30FNO3.CH2O2.ClH.H3N/c31-24-8-5-22(6-9-24)28-15-7-23-21-25(33)10-16-29(23)30(28)35-27-13-11-26(12-14-27)34-20-19-32-17-3-1-2-4-18-32;2-1-3;;/h5-16,21,33H,1-4,17-20H2;1H,(H,2,3);1H;1H3. The highest BCUT2D eigenvalue weighted by Gasteiger charge is 2.14. The molecule has 1 fully saturated rings. The van der Waals surface area contributed by atoms with Crippen LogP contribution in [0.25, 0.3) is 21.9 Å². The van der Waals surface area contributed by atoms with Crippen LogP contribution in [0, 0.1) is 5.82 Å². The van der Waals surface area contributed by atoms with Crippen molar-refractivity contribution < 1.29 is 28.9 Å². The van der Waals surface area contributed by atoms with Gasteiger partial charge in [0.2, 0.25) is 0 Å². The van der Waals surface area contributed by atoms with Gasteiger partial charge in [-0.1, -0.05) is 31.0 Å². The zero-order chi connectivity index (χ0) is 26.7. The third-order valence-corrected chi connectivity index (χ3v) is 6.53. The molecule has 0 aliphatic carbocycles. The number of aromatic hydroxyl groups is 1. The van der Waals surface area contributed by atoms with Crippen molar-refractivity contribution in [2.75, 3.05) is 26.2 Å². The summed E-state index contributed by atoms with van der Waals surface area (Å²) in [7, 11) is 0. The summed E-state index contributed by atoms with van der Waals surface area (Å²) in [5.74, 6) is 2.06. The Labute approximate surface area is 240 Å². The van der Waals surface area contributed by atoms with Gasteiger partial charge in [0.05, 0.1) is 0 Å². The number of benzene rings is 4. The van der Waals surface area contributed by atoms with E-state index in [1.807, 2.05) is 42.5 Å². The number of hydrogen-bond acceptors (Lipinski definition) is 6. The van der Waals surface area contributed by atoms with E-state index in [-0.39, 0.29) is 30.1 Å². The van der Waals surface area contributed by atoms with Crippen LogP contribution in [0.15, 0.2) is 78.9 Å². The van der Waals surface area contributed by atoms with Gasteiger partial charge in [-0.2, -0.15) is 0 Å². The minimum Gasteiger partial charge on any atom is -0.554 e. The molecule has 40 heavy (non-hydrogen) atoms. The maximum Gasteiger partial charge on any atom is 0.143 e. The van der Waals surface area contributed by atoms with Gasteiger partial charge in [0.25, 0.3) is 0 Å². The lowest BCUT2D eigenvalue weighted by Gasteiger charge is -2.19. The van der Waals surface area contributed by atoms with Crippen molar-refractivity contribution in [3.63, 3.8) is 0 Å². The molecule has 0 radical (unpaired) electrons. The number of carbonyl (C=O) groups excluding carboxylic acids is 1. The van der Waals surface area contributed by atoms with Gasteiger partial charge in [-0.15, -0.1) is 12.4 Å². The molecule has 214 valence electrons. The summed E-state index contributed by atoms with van der Waals surface area (Å²) in [6.45, 7) is 3.44. The minimum absolute atomic E-state index is 0. The highest BCUT2D eigenvalue weighted by molar-refractivity contribution is 5.96. The predicted octanol–water partition coefficient (Wildman–Crippen LogP) is 6.56. The number of carbonyl (C=O) groups is 1. The van der Waals surface area contributed by atoms with Crippen molar-refractivity contribution in [2.45, 2.75) is 25.7 Å². The Kier molecular flexibility index (Phi) is 13.2. The van der Waals surface area contributed by atoms with Gasteiger partial charge in [-0.05, 0) is 97.5 Å². The number of phenols is 1. The maximum absolute atomic E-state index is 13.5. The number of rotatable bonds is 7. The summed E-state index contributed by atoms with van der Waals surface area (Å²) >= 11 is 0. The first-order valence-corrected chi connectivity index (χ1v) is 12.8. The zero-order valence-electron chi connectivity index (χ0n) is 22.6. The second-order valence-corrected chi connectivity index (χ2v) is 9.13. The number of halogens is 2. The fourth-order valence-corrected chi connectivity index (χ4v) is 4.63. The second-order valence-electron chi connectivity index (χ2n) is 9.13. The Bertz CT molecular complexity index is 1330. The minimum atomic E-state index is -0.500. The molecule has 0 unspecified atom stereocenters. The highest BCUT2D eigenvalue weighted by Crippen LogP contribution is 2.40. The quantitative estimate of drug-likeness (QED) is 0.243. The Morgan fingerprint density at radius 1 is 0.875 bits per heavy atom. The van der Waals surface area contributed by atoms with E-state index in [4.69, 9.17) is 19.4 Å². The monoisotopic (exact) mass is 570 g/mol. The molecule has 4 aromatic rings. The number of ether oxygens (including phenoxy) is 2. The smallest absolute Gasteiger partial charge is 0.143 e. The number of fused-ring (bicyclic) bond motifs is 1. The molecule has 4 aromatic carbocycles. The lowest BCUT2D eigenvalue weighted by molar-refractivity contribution is -0.283. The van der Waals surface area contributed by atoms with E-state index >= 15 is 0 Å². The van der Waals surface area contributed by atoms with Crippen LogP contribution in [0.1, 0.15) is 25.7 Å². The molecule has 7 nitrogen and oxygen atoms in total. The largest absolute Gasteiger partial charge is 0.554 e. The van der Waals surface area contributed by atoms with E-state index < -0.39 is 6.47 Å². The van der Waals surface area contributed by atoms with Gasteiger partial charge in [-0.3, -0.25) is 4.90 Å². The van der Waals surface area contributed by atoms with Crippen LogP contribution in [0.2, 0.25) is 0 Å². The average Bonchev–Trinajstić information content (AvgIpc) is 3.20. The molecule has 5 N–H and O–H groups in total. The molecule has 0 bridgehead atoms. The number of likely N-dealkylation sites (tertiary alicyclic amines) is 1. The van der Waals surface area contributed by atoms with Crippen LogP contribution in [0.3, 0.4) is 0 Å². The van der Waals surface area contributed by atoms with Crippen molar-refractivity contribution in [1.29, 1.82) is 0 Å². The topological polar surface area (TPSA) is 119 Å². The van der Waals surface area contributed by atoms with Crippen molar-refractivity contribution in [3.8, 4) is 34.1 Å². The van der Waals surface area contributed by atoms with E-state index in [2.05, 4.69) is 4.90 Å². The molecule has 1 aliphatic heterocycles. The number of quaternary nitrogens is 1. The summed E-state index contributed by atoms with van der Waals surface area (Å²) in [5.41, 5.74) is 1.70. The summed E-state index contributed by atoms with van der Waals surface area (Å²) in [6.07, 6.45) is 5.22. The van der Waals surface area contributed by atoms with Crippen LogP contribution in [-0.4, -0.2) is 42.7 Å². The molecule has 0 aromatic heterocycles. The van der Waals surface area contributed by atoms with Gasteiger partial charge in [0.1, 0.15) is 35.4 Å². The zero-order valence-corrected chi connectivity index (χ0v) is 23.4. The Morgan fingerprint density at radius 2 is 1.50 bits per heavy atom. The predicted molar refractivity (Wildman–Crippen MR) is 157 cm³/mol. The summed E-state index contributed by atoms with van der Waals surface area (Å²) in [4.78, 5) is 10.7. The first kappa shape index (κ1) is 32.4. The maximum atomic E-state index is 13.5. The molecule has 0 amide bonds. The molecule has 9 heteroatoms. The van der Waals surface area contributed by atoms with Crippen LogP contribution in [-0.2, 0) is 4.79 Å². The first-order valence-electron chi connectivity index (χ1n) is 12.8. The molecule has 5 rings (SSSR count). The third kappa shape index (κ3) is 8.84. The molecule has 1 heterocycles. The van der Waals surface area contributed by atoms with Gasteiger partial charge < -0.3 is 30.6 Å². The van der Waals surface area contributed by atoms with Crippen LogP contribution in [0.4, 0.5) is 4.39 Å². The van der Waals surface area contributed by atoms with E-state index in [0.29, 0.717) is 18.1 Å². The van der Waals surface area contributed by atoms with Crippen LogP contribution < -0.4 is 20.7 Å². The fraction of sp³-hybridized carbons (Fsp3) is 0.258. The van der Waals surface area contributed by atoms with Crippen molar-refractivity contribution in [3.05, 3.63) is 84.7 Å². The number of phenolic OH excluding ortho intramolecular Hbond substituents is 1. The Morgan fingerprint density at radius 3 is 2.15 bits per heavy atom. The second kappa shape index (κ2) is 16.3. The molecular weight excluding hydrogens is 535 g/mol. The molecule has 0 saturated carbocycles. The number of carboxylic acid groups (broad SMARTS) is 1. The van der Waals surface area contributed by atoms with Gasteiger partial charge in [-0.25, -0.2) is 4.39 Å². The Balaban J connectivity index is 0.00000107. The van der Waals surface area contributed by atoms with Gasteiger partial charge in [0.15, 0.2) is 0 Å². The molecule has 1 aliphatic rings. The van der Waals surface area contributed by atoms with E-state index in [0.717, 1.165) is 47.3 Å². The lowest BCUT2D eigenvalue weighted by Crippen LogP contribution is -2.29. The van der Waals surface area contributed by atoms with E-state index in [1.165, 1.54) is 37.8 Å². The molecular formula is C31H36ClFN2O5.